The Bertz CT molecular complexity index is 598. The Morgan fingerprint density at radius 2 is 2.09 bits per heavy atom. The lowest BCUT2D eigenvalue weighted by Gasteiger charge is -2.13. The second kappa shape index (κ2) is 8.95. The lowest BCUT2D eigenvalue weighted by molar-refractivity contribution is 0.234. The van der Waals surface area contributed by atoms with Gasteiger partial charge in [0.1, 0.15) is 0 Å². The number of carbonyl (C=O) groups is 1. The largest absolute Gasteiger partial charge is 0.396 e. The molecule has 0 aliphatic rings. The van der Waals surface area contributed by atoms with Gasteiger partial charge in [-0.3, -0.25) is 4.68 Å². The fourth-order valence-electron chi connectivity index (χ4n) is 2.28. The van der Waals surface area contributed by atoms with Gasteiger partial charge in [-0.2, -0.15) is 5.10 Å². The molecule has 2 amide bonds. The Morgan fingerprint density at radius 1 is 1.30 bits per heavy atom. The van der Waals surface area contributed by atoms with Gasteiger partial charge in [0.05, 0.1) is 12.7 Å². The number of aliphatic hydroxyl groups excluding tert-OH is 1. The molecule has 6 heteroatoms. The highest BCUT2D eigenvalue weighted by atomic mass is 16.3. The first-order valence-electron chi connectivity index (χ1n) is 7.88. The van der Waals surface area contributed by atoms with Gasteiger partial charge < -0.3 is 15.7 Å². The summed E-state index contributed by atoms with van der Waals surface area (Å²) < 4.78 is 1.86. The van der Waals surface area contributed by atoms with Crippen molar-refractivity contribution < 1.29 is 9.90 Å². The van der Waals surface area contributed by atoms with Crippen molar-refractivity contribution in [1.82, 2.24) is 20.4 Å². The van der Waals surface area contributed by atoms with Gasteiger partial charge in [0.2, 0.25) is 0 Å². The van der Waals surface area contributed by atoms with E-state index in [1.165, 1.54) is 5.56 Å². The van der Waals surface area contributed by atoms with Gasteiger partial charge in [0.15, 0.2) is 0 Å². The summed E-state index contributed by atoms with van der Waals surface area (Å²) in [5.74, 6) is 0. The molecule has 0 radical (unpaired) electrons. The summed E-state index contributed by atoms with van der Waals surface area (Å²) in [6, 6.07) is 9.95. The van der Waals surface area contributed by atoms with Crippen molar-refractivity contribution in [3.63, 3.8) is 0 Å². The number of nitrogens with one attached hydrogen (secondary N) is 2. The number of nitrogens with zero attached hydrogens (tertiary/aromatic N) is 2. The van der Waals surface area contributed by atoms with E-state index in [0.29, 0.717) is 19.5 Å². The van der Waals surface area contributed by atoms with Crippen LogP contribution in [0.25, 0.3) is 0 Å². The smallest absolute Gasteiger partial charge is 0.315 e. The molecule has 2 aromatic rings. The van der Waals surface area contributed by atoms with Crippen LogP contribution >= 0.6 is 0 Å². The molecular weight excluding hydrogens is 292 g/mol. The molecule has 1 heterocycles. The molecule has 6 nitrogen and oxygen atoms in total. The van der Waals surface area contributed by atoms with Crippen LogP contribution in [0.15, 0.2) is 42.7 Å². The first-order valence-corrected chi connectivity index (χ1v) is 7.88. The van der Waals surface area contributed by atoms with E-state index in [4.69, 9.17) is 5.11 Å². The molecule has 1 atom stereocenters. The van der Waals surface area contributed by atoms with Crippen molar-refractivity contribution in [2.45, 2.75) is 38.9 Å². The molecule has 3 N–H and O–H groups in total. The third-order valence-corrected chi connectivity index (χ3v) is 3.50. The van der Waals surface area contributed by atoms with E-state index in [1.54, 1.807) is 6.20 Å². The molecule has 0 saturated carbocycles. The molecule has 1 unspecified atom stereocenters. The number of carbonyl (C=O) groups excluding carboxylic acids is 1. The van der Waals surface area contributed by atoms with Crippen molar-refractivity contribution in [3.05, 3.63) is 53.9 Å². The molecule has 1 aromatic heterocycles. The van der Waals surface area contributed by atoms with Crippen LogP contribution in [0, 0.1) is 0 Å². The summed E-state index contributed by atoms with van der Waals surface area (Å²) in [6.07, 6.45) is 5.15. The molecule has 0 bridgehead atoms. The van der Waals surface area contributed by atoms with E-state index in [-0.39, 0.29) is 18.7 Å². The van der Waals surface area contributed by atoms with Crippen LogP contribution in [0.3, 0.4) is 0 Å². The van der Waals surface area contributed by atoms with Crippen LogP contribution in [0.5, 0.6) is 0 Å². The minimum atomic E-state index is -0.203. The molecule has 2 rings (SSSR count). The van der Waals surface area contributed by atoms with Gasteiger partial charge in [-0.15, -0.1) is 0 Å². The number of rotatable bonds is 8. The molecule has 0 aliphatic carbocycles. The average Bonchev–Trinajstić information content (AvgIpc) is 2.99. The Hall–Kier alpha value is -2.34. The normalized spacial score (nSPS) is 11.9. The zero-order chi connectivity index (χ0) is 16.5. The summed E-state index contributed by atoms with van der Waals surface area (Å²) >= 11 is 0. The highest BCUT2D eigenvalue weighted by Gasteiger charge is 2.07. The average molecular weight is 316 g/mol. The molecule has 0 spiro atoms. The number of benzene rings is 1. The van der Waals surface area contributed by atoms with Crippen molar-refractivity contribution in [2.24, 2.45) is 0 Å². The van der Waals surface area contributed by atoms with E-state index in [2.05, 4.69) is 27.9 Å². The Morgan fingerprint density at radius 3 is 2.83 bits per heavy atom. The lowest BCUT2D eigenvalue weighted by Crippen LogP contribution is -2.40. The quantitative estimate of drug-likeness (QED) is 0.696. The van der Waals surface area contributed by atoms with Crippen LogP contribution in [-0.2, 0) is 13.1 Å². The second-order valence-electron chi connectivity index (χ2n) is 5.63. The summed E-state index contributed by atoms with van der Waals surface area (Å²) in [6.45, 7) is 3.22. The molecule has 1 aromatic carbocycles. The number of urea groups is 1. The number of amides is 2. The number of aliphatic hydroxyl groups is 1. The second-order valence-corrected chi connectivity index (χ2v) is 5.63. The standard InChI is InChI=1S/C17H24N4O2/c1-14(6-5-9-22)20-17(23)18-10-16-11-19-21(13-16)12-15-7-3-2-4-8-15/h2-4,7-8,11,13-14,22H,5-6,9-10,12H2,1H3,(H2,18,20,23). The first kappa shape index (κ1) is 17.0. The van der Waals surface area contributed by atoms with Crippen LogP contribution in [0.2, 0.25) is 0 Å². The fraction of sp³-hybridized carbons (Fsp3) is 0.412. The minimum Gasteiger partial charge on any atom is -0.396 e. The molecule has 124 valence electrons. The number of hydrogen-bond donors (Lipinski definition) is 3. The molecule has 0 saturated heterocycles. The van der Waals surface area contributed by atoms with Gasteiger partial charge in [0.25, 0.3) is 0 Å². The maximum atomic E-state index is 11.8. The zero-order valence-corrected chi connectivity index (χ0v) is 13.4. The third-order valence-electron chi connectivity index (χ3n) is 3.50. The molecule has 23 heavy (non-hydrogen) atoms. The maximum absolute atomic E-state index is 11.8. The van der Waals surface area contributed by atoms with Crippen molar-refractivity contribution in [3.8, 4) is 0 Å². The van der Waals surface area contributed by atoms with E-state index in [0.717, 1.165) is 12.0 Å². The minimum absolute atomic E-state index is 0.0444. The zero-order valence-electron chi connectivity index (χ0n) is 13.4. The van der Waals surface area contributed by atoms with E-state index < -0.39 is 0 Å². The van der Waals surface area contributed by atoms with Gasteiger partial charge in [0, 0.05) is 31.0 Å². The Labute approximate surface area is 136 Å². The topological polar surface area (TPSA) is 79.2 Å². The number of hydrogen-bond acceptors (Lipinski definition) is 3. The highest BCUT2D eigenvalue weighted by molar-refractivity contribution is 5.74. The van der Waals surface area contributed by atoms with Gasteiger partial charge in [-0.25, -0.2) is 4.79 Å². The first-order chi connectivity index (χ1) is 11.2. The van der Waals surface area contributed by atoms with Gasteiger partial charge in [-0.1, -0.05) is 30.3 Å². The lowest BCUT2D eigenvalue weighted by atomic mass is 10.2. The molecule has 0 aliphatic heterocycles. The summed E-state index contributed by atoms with van der Waals surface area (Å²) in [5.41, 5.74) is 2.14. The van der Waals surface area contributed by atoms with Crippen LogP contribution in [-0.4, -0.2) is 33.6 Å². The van der Waals surface area contributed by atoms with Gasteiger partial charge >= 0.3 is 6.03 Å². The van der Waals surface area contributed by atoms with Crippen molar-refractivity contribution in [1.29, 1.82) is 0 Å². The van der Waals surface area contributed by atoms with E-state index in [9.17, 15) is 4.79 Å². The SMILES string of the molecule is CC(CCCO)NC(=O)NCc1cnn(Cc2ccccc2)c1. The summed E-state index contributed by atoms with van der Waals surface area (Å²) in [5, 5.41) is 18.7. The predicted octanol–water partition coefficient (Wildman–Crippen LogP) is 1.89. The Kier molecular flexibility index (Phi) is 6.62. The predicted molar refractivity (Wildman–Crippen MR) is 88.9 cm³/mol. The molecule has 0 fully saturated rings. The number of aromatic nitrogens is 2. The van der Waals surface area contributed by atoms with Crippen molar-refractivity contribution >= 4 is 6.03 Å². The monoisotopic (exact) mass is 316 g/mol. The van der Waals surface area contributed by atoms with Gasteiger partial charge in [-0.05, 0) is 25.3 Å². The summed E-state index contributed by atoms with van der Waals surface area (Å²) in [4.78, 5) is 11.8. The summed E-state index contributed by atoms with van der Waals surface area (Å²) in [7, 11) is 0. The highest BCUT2D eigenvalue weighted by Crippen LogP contribution is 2.04. The van der Waals surface area contributed by atoms with Crippen molar-refractivity contribution in [2.75, 3.05) is 6.61 Å². The van der Waals surface area contributed by atoms with E-state index >= 15 is 0 Å². The molecular formula is C17H24N4O2. The van der Waals surface area contributed by atoms with Crippen LogP contribution in [0.1, 0.15) is 30.9 Å². The van der Waals surface area contributed by atoms with Crippen LogP contribution in [0.4, 0.5) is 4.79 Å². The Balaban J connectivity index is 1.75. The fourth-order valence-corrected chi connectivity index (χ4v) is 2.28. The van der Waals surface area contributed by atoms with E-state index in [1.807, 2.05) is 36.0 Å². The van der Waals surface area contributed by atoms with Crippen LogP contribution < -0.4 is 10.6 Å². The maximum Gasteiger partial charge on any atom is 0.315 e. The third kappa shape index (κ3) is 6.12.